The lowest BCUT2D eigenvalue weighted by atomic mass is 10.1. The molecule has 4 heterocycles. The molecular formula is C54H31F9N18O18. The summed E-state index contributed by atoms with van der Waals surface area (Å²) in [5.41, 5.74) is -31.1. The molecule has 0 radical (unpaired) electrons. The van der Waals surface area contributed by atoms with Gasteiger partial charge in [-0.2, -0.15) is 65.0 Å². The summed E-state index contributed by atoms with van der Waals surface area (Å²) in [6.07, 6.45) is -17.3. The number of azo groups is 3. The summed E-state index contributed by atoms with van der Waals surface area (Å²) in [6.45, 7) is 6.77. The number of aromatic nitrogens is 6. The number of hydrogen-bond donors (Lipinski definition) is 12. The standard InChI is InChI=1S/C54H31F9N18O18/c1-18(81-41(86)33(66-2)32(54(61,62)63)36(42(81)87)78-75-29-15-21(45(92)93)5-8-24(29)48(98)99)69-51-71-49(67-9-11-79-37(82)25(16-64)30(52(55,56)57)34(39(79)84)76-73-27-13-19(43(88)89)3-6-22(27)46(94)95)70-50(72-51)68-10-12-80-38(83)26(17-65)31(53(58,59)60)35(40(80)85)77-74-28-14-20(44(90)91)4-7-23(28)47(96)97/h3-8,13-15,84-85,87H,1,9-12H2,(H,88,89)(H,90,91)(H,92,93)(H,94,95)(H,96,97)(H,98,99)(H3,67,68,69,70,71,72). The molecule has 7 rings (SSSR count). The van der Waals surface area contributed by atoms with Gasteiger partial charge < -0.3 is 61.9 Å². The van der Waals surface area contributed by atoms with Crippen molar-refractivity contribution in [3.05, 3.63) is 165 Å². The molecule has 0 amide bonds. The first kappa shape index (κ1) is 72.0. The summed E-state index contributed by atoms with van der Waals surface area (Å²) in [4.78, 5) is 126. The number of aromatic carboxylic acids is 6. The van der Waals surface area contributed by atoms with Crippen molar-refractivity contribution in [2.24, 2.45) is 30.7 Å². The van der Waals surface area contributed by atoms with E-state index in [1.165, 1.54) is 0 Å². The summed E-state index contributed by atoms with van der Waals surface area (Å²) in [7, 11) is 0. The van der Waals surface area contributed by atoms with Crippen LogP contribution < -0.4 is 32.6 Å². The zero-order chi connectivity index (χ0) is 73.7. The Morgan fingerprint density at radius 2 is 0.828 bits per heavy atom. The second-order valence-electron chi connectivity index (χ2n) is 19.0. The third-order valence-electron chi connectivity index (χ3n) is 12.9. The van der Waals surface area contributed by atoms with Crippen molar-refractivity contribution >= 4 is 99.3 Å². The van der Waals surface area contributed by atoms with Crippen molar-refractivity contribution in [2.75, 3.05) is 29.0 Å². The maximum Gasteiger partial charge on any atom is 0.420 e. The van der Waals surface area contributed by atoms with Gasteiger partial charge in [-0.25, -0.2) is 38.2 Å². The Hall–Kier alpha value is -14.5. The lowest BCUT2D eigenvalue weighted by Crippen LogP contribution is -2.30. The zero-order valence-electron chi connectivity index (χ0n) is 48.0. The van der Waals surface area contributed by atoms with Crippen LogP contribution in [-0.4, -0.2) is 124 Å². The van der Waals surface area contributed by atoms with Crippen molar-refractivity contribution in [3.8, 4) is 29.8 Å². The molecule has 0 bridgehead atoms. The van der Waals surface area contributed by atoms with E-state index in [2.05, 4.69) is 73.0 Å². The zero-order valence-corrected chi connectivity index (χ0v) is 48.0. The van der Waals surface area contributed by atoms with E-state index in [4.69, 9.17) is 6.57 Å². The highest BCUT2D eigenvalue weighted by atomic mass is 19.4. The Bertz CT molecular complexity index is 4870. The molecule has 0 unspecified atom stereocenters. The van der Waals surface area contributed by atoms with Crippen molar-refractivity contribution in [1.82, 2.24) is 28.7 Å². The number of aromatic hydroxyl groups is 3. The van der Waals surface area contributed by atoms with Crippen LogP contribution in [0.2, 0.25) is 0 Å². The van der Waals surface area contributed by atoms with Gasteiger partial charge in [0.2, 0.25) is 35.5 Å². The molecule has 0 saturated carbocycles. The molecule has 45 heteroatoms. The van der Waals surface area contributed by atoms with Gasteiger partial charge in [-0.1, -0.05) is 6.58 Å². The van der Waals surface area contributed by atoms with Crippen molar-refractivity contribution in [3.63, 3.8) is 0 Å². The first-order chi connectivity index (χ1) is 46.3. The molecule has 0 fully saturated rings. The number of nitrogens with zero attached hydrogens (tertiary/aromatic N) is 15. The lowest BCUT2D eigenvalue weighted by molar-refractivity contribution is -0.138. The number of benzene rings is 3. The lowest BCUT2D eigenvalue weighted by Gasteiger charge is -2.19. The van der Waals surface area contributed by atoms with Crippen LogP contribution >= 0.6 is 0 Å². The van der Waals surface area contributed by atoms with E-state index < -0.39 is 240 Å². The SMILES string of the molecule is [C-]#[N+]c1c(C(F)(F)F)c(N=Nc2cc(C(=O)O)ccc2C(=O)O)c(O)n(C(=C)Nc2nc(NCCn3c(O)c(N=Nc4cc(C(=O)O)ccc4C(=O)O)c(C(F)(F)F)c(C#N)c3=O)nc(NCCn3c(O)c(N=Nc4cc(C(=O)O)ccc4C(=O)O)c(C(F)(F)F)c(C#N)c3=O)n2)c1=O. The van der Waals surface area contributed by atoms with E-state index >= 15 is 0 Å². The molecule has 0 aliphatic heterocycles. The topological polar surface area (TPSA) is 551 Å². The molecule has 36 nitrogen and oxygen atoms in total. The number of rotatable bonds is 23. The predicted octanol–water partition coefficient (Wildman–Crippen LogP) is 9.02. The number of anilines is 3. The third-order valence-corrected chi connectivity index (χ3v) is 12.9. The number of nitriles is 2. The van der Waals surface area contributed by atoms with Crippen LogP contribution in [0.4, 0.5) is 97.2 Å². The van der Waals surface area contributed by atoms with Gasteiger partial charge in [0, 0.05) is 26.2 Å². The fourth-order valence-corrected chi connectivity index (χ4v) is 8.54. The van der Waals surface area contributed by atoms with Crippen LogP contribution in [0.15, 0.2) is 106 Å². The summed E-state index contributed by atoms with van der Waals surface area (Å²) >= 11 is 0. The average molecular weight is 1390 g/mol. The number of nitrogens with one attached hydrogen (secondary N) is 3. The quantitative estimate of drug-likeness (QED) is 0.0161. The predicted molar refractivity (Wildman–Crippen MR) is 307 cm³/mol. The molecule has 0 spiro atoms. The summed E-state index contributed by atoms with van der Waals surface area (Å²) in [6, 6.07) is 7.81. The minimum atomic E-state index is -5.81. The number of carboxylic acids is 6. The van der Waals surface area contributed by atoms with E-state index in [0.717, 1.165) is 30.3 Å². The summed E-state index contributed by atoms with van der Waals surface area (Å²) < 4.78 is 132. The van der Waals surface area contributed by atoms with Crippen molar-refractivity contribution in [2.45, 2.75) is 31.6 Å². The smallest absolute Gasteiger partial charge is 0.420 e. The largest absolute Gasteiger partial charge is 0.493 e. The second kappa shape index (κ2) is 28.0. The summed E-state index contributed by atoms with van der Waals surface area (Å²) in [5, 5.41) is 138. The van der Waals surface area contributed by atoms with E-state index in [-0.39, 0.29) is 13.7 Å². The number of halogens is 9. The molecule has 0 saturated heterocycles. The van der Waals surface area contributed by atoms with Crippen molar-refractivity contribution in [1.29, 1.82) is 10.5 Å². The van der Waals surface area contributed by atoms with Gasteiger partial charge in [0.05, 0.1) is 45.5 Å². The third kappa shape index (κ3) is 15.1. The monoisotopic (exact) mass is 1390 g/mol. The number of carboxylic acid groups (broad SMARTS) is 6. The van der Waals surface area contributed by atoms with Crippen LogP contribution in [0.5, 0.6) is 17.6 Å². The van der Waals surface area contributed by atoms with E-state index in [1.807, 2.05) is 0 Å². The Labute approximate surface area is 537 Å². The van der Waals surface area contributed by atoms with E-state index in [9.17, 15) is 139 Å². The van der Waals surface area contributed by atoms with Gasteiger partial charge in [-0.3, -0.25) is 23.5 Å². The van der Waals surface area contributed by atoms with Gasteiger partial charge in [-0.15, -0.1) is 30.7 Å². The molecule has 3 aromatic carbocycles. The second-order valence-corrected chi connectivity index (χ2v) is 19.0. The maximum atomic E-state index is 14.8. The first-order valence-electron chi connectivity index (χ1n) is 26.0. The molecule has 4 aromatic heterocycles. The molecule has 7 aromatic rings. The van der Waals surface area contributed by atoms with Gasteiger partial charge in [0.25, 0.3) is 22.4 Å². The molecule has 12 N–H and O–H groups in total. The first-order valence-corrected chi connectivity index (χ1v) is 26.0. The maximum absolute atomic E-state index is 14.8. The molecule has 99 heavy (non-hydrogen) atoms. The van der Waals surface area contributed by atoms with Crippen LogP contribution in [0.25, 0.3) is 10.7 Å². The molecule has 508 valence electrons. The number of pyridine rings is 3. The Kier molecular flexibility index (Phi) is 20.4. The minimum absolute atomic E-state index is 0.0348. The highest BCUT2D eigenvalue weighted by Crippen LogP contribution is 2.48. The minimum Gasteiger partial charge on any atom is -0.493 e. The molecular weight excluding hydrogens is 1360 g/mol. The van der Waals surface area contributed by atoms with Crippen LogP contribution in [-0.2, 0) is 31.6 Å². The van der Waals surface area contributed by atoms with Gasteiger partial charge in [0.15, 0.2) is 11.4 Å². The van der Waals surface area contributed by atoms with Gasteiger partial charge >= 0.3 is 54.3 Å². The Morgan fingerprint density at radius 3 is 1.12 bits per heavy atom. The fraction of sp³-hybridized carbons (Fsp3) is 0.130. The number of hydrogen-bond acceptors (Lipinski definition) is 26. The van der Waals surface area contributed by atoms with E-state index in [0.29, 0.717) is 36.4 Å². The Morgan fingerprint density at radius 1 is 0.505 bits per heavy atom. The summed E-state index contributed by atoms with van der Waals surface area (Å²) in [5.74, 6) is -20.1. The van der Waals surface area contributed by atoms with Gasteiger partial charge in [0.1, 0.15) is 63.0 Å². The number of alkyl halides is 9. The normalized spacial score (nSPS) is 11.7. The molecule has 0 aliphatic carbocycles. The average Bonchev–Trinajstić information content (AvgIpc) is 1.25. The van der Waals surface area contributed by atoms with Crippen LogP contribution in [0.1, 0.15) is 90.0 Å². The molecule has 0 aliphatic rings. The fourth-order valence-electron chi connectivity index (χ4n) is 8.54. The highest BCUT2D eigenvalue weighted by Gasteiger charge is 2.44. The molecule has 0 atom stereocenters. The van der Waals surface area contributed by atoms with Crippen molar-refractivity contribution < 1.29 is 114 Å². The van der Waals surface area contributed by atoms with Gasteiger partial charge in [-0.05, 0) is 54.6 Å². The number of carbonyl (C=O) groups is 6. The van der Waals surface area contributed by atoms with Crippen LogP contribution in [0, 0.1) is 29.2 Å². The Balaban J connectivity index is 1.36. The highest BCUT2D eigenvalue weighted by molar-refractivity contribution is 5.99. The van der Waals surface area contributed by atoms with E-state index in [1.54, 1.807) is 0 Å². The van der Waals surface area contributed by atoms with Crippen LogP contribution in [0.3, 0.4) is 0 Å².